The third-order valence-corrected chi connectivity index (χ3v) is 4.12. The SMILES string of the molecule is Cn1ccc2c(C(=O)NC(CCO)C3CC3)cccc21. The Morgan fingerprint density at radius 3 is 2.95 bits per heavy atom. The fraction of sp³-hybridized carbons (Fsp3) is 0.438. The van der Waals surface area contributed by atoms with Crippen LogP contribution in [0.25, 0.3) is 10.9 Å². The highest BCUT2D eigenvalue weighted by atomic mass is 16.3. The van der Waals surface area contributed by atoms with Crippen LogP contribution in [0.1, 0.15) is 29.6 Å². The summed E-state index contributed by atoms with van der Waals surface area (Å²) in [6.45, 7) is 0.122. The Labute approximate surface area is 118 Å². The van der Waals surface area contributed by atoms with Crippen molar-refractivity contribution in [2.45, 2.75) is 25.3 Å². The second-order valence-electron chi connectivity index (χ2n) is 5.59. The fourth-order valence-electron chi connectivity index (χ4n) is 2.81. The minimum atomic E-state index is -0.0350. The first kappa shape index (κ1) is 13.2. The third kappa shape index (κ3) is 2.43. The molecule has 1 aromatic carbocycles. The summed E-state index contributed by atoms with van der Waals surface area (Å²) in [5.41, 5.74) is 1.77. The minimum absolute atomic E-state index is 0.0350. The Kier molecular flexibility index (Phi) is 3.49. The summed E-state index contributed by atoms with van der Waals surface area (Å²) in [4.78, 5) is 12.5. The molecule has 0 bridgehead atoms. The van der Waals surface area contributed by atoms with Gasteiger partial charge >= 0.3 is 0 Å². The summed E-state index contributed by atoms with van der Waals surface area (Å²) in [7, 11) is 1.97. The highest BCUT2D eigenvalue weighted by Crippen LogP contribution is 2.34. The molecule has 1 aliphatic rings. The van der Waals surface area contributed by atoms with E-state index in [4.69, 9.17) is 5.11 Å². The number of carbonyl (C=O) groups excluding carboxylic acids is 1. The van der Waals surface area contributed by atoms with Crippen LogP contribution in [0.15, 0.2) is 30.5 Å². The Morgan fingerprint density at radius 1 is 1.45 bits per heavy atom. The van der Waals surface area contributed by atoms with Crippen LogP contribution < -0.4 is 5.32 Å². The van der Waals surface area contributed by atoms with Crippen molar-refractivity contribution in [1.29, 1.82) is 0 Å². The van der Waals surface area contributed by atoms with Gasteiger partial charge in [-0.3, -0.25) is 4.79 Å². The van der Waals surface area contributed by atoms with Gasteiger partial charge < -0.3 is 15.0 Å². The van der Waals surface area contributed by atoms with Gasteiger partial charge in [0, 0.05) is 42.4 Å². The van der Waals surface area contributed by atoms with E-state index in [0.717, 1.165) is 23.7 Å². The third-order valence-electron chi connectivity index (χ3n) is 4.12. The number of fused-ring (bicyclic) bond motifs is 1. The molecule has 20 heavy (non-hydrogen) atoms. The van der Waals surface area contributed by atoms with Crippen molar-refractivity contribution in [2.24, 2.45) is 13.0 Å². The number of aliphatic hydroxyl groups is 1. The van der Waals surface area contributed by atoms with Gasteiger partial charge in [-0.1, -0.05) is 6.07 Å². The lowest BCUT2D eigenvalue weighted by atomic mass is 10.1. The van der Waals surface area contributed by atoms with Crippen molar-refractivity contribution < 1.29 is 9.90 Å². The van der Waals surface area contributed by atoms with Crippen LogP contribution in [-0.2, 0) is 7.05 Å². The second-order valence-corrected chi connectivity index (χ2v) is 5.59. The first-order valence-electron chi connectivity index (χ1n) is 7.16. The van der Waals surface area contributed by atoms with Gasteiger partial charge in [-0.2, -0.15) is 0 Å². The summed E-state index contributed by atoms with van der Waals surface area (Å²) >= 11 is 0. The molecule has 1 fully saturated rings. The van der Waals surface area contributed by atoms with Gasteiger partial charge in [0.25, 0.3) is 5.91 Å². The van der Waals surface area contributed by atoms with Crippen LogP contribution in [0.5, 0.6) is 0 Å². The molecular formula is C16H20N2O2. The molecule has 1 aliphatic carbocycles. The minimum Gasteiger partial charge on any atom is -0.396 e. The summed E-state index contributed by atoms with van der Waals surface area (Å²) in [5.74, 6) is 0.508. The molecular weight excluding hydrogens is 252 g/mol. The Balaban J connectivity index is 1.84. The van der Waals surface area contributed by atoms with Gasteiger partial charge in [-0.15, -0.1) is 0 Å². The number of carbonyl (C=O) groups is 1. The molecule has 1 amide bonds. The number of amides is 1. The number of aryl methyl sites for hydroxylation is 1. The molecule has 0 spiro atoms. The zero-order chi connectivity index (χ0) is 14.1. The van der Waals surface area contributed by atoms with E-state index < -0.39 is 0 Å². The standard InChI is InChI=1S/C16H20N2O2/c1-18-9-7-12-13(3-2-4-15(12)18)16(20)17-14(8-10-19)11-5-6-11/h2-4,7,9,11,14,19H,5-6,8,10H2,1H3,(H,17,20). The second kappa shape index (κ2) is 5.29. The topological polar surface area (TPSA) is 54.3 Å². The maximum absolute atomic E-state index is 12.5. The molecule has 2 aromatic rings. The predicted molar refractivity (Wildman–Crippen MR) is 78.6 cm³/mol. The molecule has 4 heteroatoms. The molecule has 0 radical (unpaired) electrons. The van der Waals surface area contributed by atoms with E-state index in [1.807, 2.05) is 42.1 Å². The number of rotatable bonds is 5. The van der Waals surface area contributed by atoms with E-state index in [2.05, 4.69) is 5.32 Å². The smallest absolute Gasteiger partial charge is 0.252 e. The van der Waals surface area contributed by atoms with Crippen LogP contribution in [0.4, 0.5) is 0 Å². The van der Waals surface area contributed by atoms with Gasteiger partial charge in [-0.25, -0.2) is 0 Å². The van der Waals surface area contributed by atoms with Gasteiger partial charge in [0.1, 0.15) is 0 Å². The lowest BCUT2D eigenvalue weighted by Crippen LogP contribution is -2.37. The molecule has 1 atom stereocenters. The quantitative estimate of drug-likeness (QED) is 0.875. The number of benzene rings is 1. The molecule has 1 heterocycles. The van der Waals surface area contributed by atoms with E-state index in [9.17, 15) is 4.79 Å². The predicted octanol–water partition coefficient (Wildman–Crippen LogP) is 2.07. The summed E-state index contributed by atoms with van der Waals surface area (Å²) in [6.07, 6.45) is 4.91. The first-order valence-corrected chi connectivity index (χ1v) is 7.16. The lowest BCUT2D eigenvalue weighted by Gasteiger charge is -2.17. The van der Waals surface area contributed by atoms with Crippen molar-refractivity contribution in [1.82, 2.24) is 9.88 Å². The Bertz CT molecular complexity index is 628. The van der Waals surface area contributed by atoms with E-state index in [0.29, 0.717) is 17.9 Å². The molecule has 2 N–H and O–H groups in total. The molecule has 0 saturated heterocycles. The van der Waals surface area contributed by atoms with Crippen molar-refractivity contribution >= 4 is 16.8 Å². The molecule has 0 aliphatic heterocycles. The number of nitrogens with one attached hydrogen (secondary N) is 1. The number of aromatic nitrogens is 1. The Hall–Kier alpha value is -1.81. The molecule has 1 aromatic heterocycles. The zero-order valence-corrected chi connectivity index (χ0v) is 11.7. The lowest BCUT2D eigenvalue weighted by molar-refractivity contribution is 0.0926. The maximum atomic E-state index is 12.5. The number of aliphatic hydroxyl groups excluding tert-OH is 1. The van der Waals surface area contributed by atoms with E-state index >= 15 is 0 Å². The Morgan fingerprint density at radius 2 is 2.25 bits per heavy atom. The van der Waals surface area contributed by atoms with Gasteiger partial charge in [0.05, 0.1) is 0 Å². The summed E-state index contributed by atoms with van der Waals surface area (Å²) < 4.78 is 2.01. The van der Waals surface area contributed by atoms with Crippen LogP contribution in [0.3, 0.4) is 0 Å². The zero-order valence-electron chi connectivity index (χ0n) is 11.7. The van der Waals surface area contributed by atoms with Gasteiger partial charge in [-0.05, 0) is 43.4 Å². The van der Waals surface area contributed by atoms with Crippen molar-refractivity contribution in [2.75, 3.05) is 6.61 Å². The van der Waals surface area contributed by atoms with E-state index in [-0.39, 0.29) is 18.6 Å². The summed E-state index contributed by atoms with van der Waals surface area (Å²) in [5, 5.41) is 13.2. The number of nitrogens with zero attached hydrogens (tertiary/aromatic N) is 1. The van der Waals surface area contributed by atoms with Gasteiger partial charge in [0.2, 0.25) is 0 Å². The fourth-order valence-corrected chi connectivity index (χ4v) is 2.81. The molecule has 4 nitrogen and oxygen atoms in total. The van der Waals surface area contributed by atoms with Crippen molar-refractivity contribution in [3.63, 3.8) is 0 Å². The van der Waals surface area contributed by atoms with Gasteiger partial charge in [0.15, 0.2) is 0 Å². The number of hydrogen-bond acceptors (Lipinski definition) is 2. The van der Waals surface area contributed by atoms with Crippen LogP contribution in [-0.4, -0.2) is 28.2 Å². The first-order chi connectivity index (χ1) is 9.70. The molecule has 1 unspecified atom stereocenters. The monoisotopic (exact) mass is 272 g/mol. The molecule has 3 rings (SSSR count). The van der Waals surface area contributed by atoms with E-state index in [1.54, 1.807) is 0 Å². The highest BCUT2D eigenvalue weighted by Gasteiger charge is 2.32. The summed E-state index contributed by atoms with van der Waals surface area (Å²) in [6, 6.07) is 7.86. The van der Waals surface area contributed by atoms with Crippen molar-refractivity contribution in [3.05, 3.63) is 36.0 Å². The number of hydrogen-bond donors (Lipinski definition) is 2. The normalized spacial score (nSPS) is 16.3. The van der Waals surface area contributed by atoms with E-state index in [1.165, 1.54) is 0 Å². The van der Waals surface area contributed by atoms with Crippen molar-refractivity contribution in [3.8, 4) is 0 Å². The molecule has 1 saturated carbocycles. The maximum Gasteiger partial charge on any atom is 0.252 e. The molecule has 106 valence electrons. The average molecular weight is 272 g/mol. The van der Waals surface area contributed by atoms with Crippen LogP contribution in [0, 0.1) is 5.92 Å². The van der Waals surface area contributed by atoms with Crippen LogP contribution in [0.2, 0.25) is 0 Å². The largest absolute Gasteiger partial charge is 0.396 e. The van der Waals surface area contributed by atoms with Crippen LogP contribution >= 0.6 is 0 Å². The average Bonchev–Trinajstić information content (AvgIpc) is 3.22. The highest BCUT2D eigenvalue weighted by molar-refractivity contribution is 6.06.